The molecule has 0 spiro atoms. The molecule has 3 nitrogen and oxygen atoms in total. The third kappa shape index (κ3) is 4.57. The number of rotatable bonds is 4. The molecular weight excluding hydrogens is 276 g/mol. The van der Waals surface area contributed by atoms with E-state index in [4.69, 9.17) is 5.73 Å². The Morgan fingerprint density at radius 2 is 2.33 bits per heavy atom. The van der Waals surface area contributed by atoms with E-state index in [9.17, 15) is 4.79 Å². The maximum absolute atomic E-state index is 10.6. The SMILES string of the molecule is CC(=O)NCCSc1ccc(N)cc1Br. The van der Waals surface area contributed by atoms with Gasteiger partial charge in [0.15, 0.2) is 0 Å². The van der Waals surface area contributed by atoms with Gasteiger partial charge < -0.3 is 11.1 Å². The van der Waals surface area contributed by atoms with E-state index in [0.717, 1.165) is 20.8 Å². The summed E-state index contributed by atoms with van der Waals surface area (Å²) in [5, 5.41) is 2.75. The molecule has 1 rings (SSSR count). The zero-order valence-corrected chi connectivity index (χ0v) is 10.8. The Labute approximate surface area is 102 Å². The molecule has 0 aliphatic rings. The number of halogens is 1. The van der Waals surface area contributed by atoms with Crippen LogP contribution in [0.3, 0.4) is 0 Å². The first-order valence-electron chi connectivity index (χ1n) is 4.52. The van der Waals surface area contributed by atoms with Gasteiger partial charge in [-0.3, -0.25) is 4.79 Å². The molecule has 1 amide bonds. The molecule has 0 unspecified atom stereocenters. The lowest BCUT2D eigenvalue weighted by atomic mass is 10.3. The Balaban J connectivity index is 2.40. The van der Waals surface area contributed by atoms with E-state index in [0.29, 0.717) is 6.54 Å². The van der Waals surface area contributed by atoms with Crippen molar-refractivity contribution in [3.8, 4) is 0 Å². The summed E-state index contributed by atoms with van der Waals surface area (Å²) in [6, 6.07) is 5.71. The van der Waals surface area contributed by atoms with E-state index < -0.39 is 0 Å². The van der Waals surface area contributed by atoms with Crippen LogP contribution in [0.25, 0.3) is 0 Å². The number of hydrogen-bond acceptors (Lipinski definition) is 3. The lowest BCUT2D eigenvalue weighted by Crippen LogP contribution is -2.22. The molecule has 0 saturated heterocycles. The smallest absolute Gasteiger partial charge is 0.216 e. The molecule has 82 valence electrons. The second-order valence-electron chi connectivity index (χ2n) is 3.02. The Kier molecular flexibility index (Phi) is 4.98. The van der Waals surface area contributed by atoms with Gasteiger partial charge in [0, 0.05) is 34.3 Å². The zero-order chi connectivity index (χ0) is 11.3. The quantitative estimate of drug-likeness (QED) is 0.508. The molecule has 0 aromatic heterocycles. The number of thioether (sulfide) groups is 1. The summed E-state index contributed by atoms with van der Waals surface area (Å²) in [5.41, 5.74) is 6.37. The highest BCUT2D eigenvalue weighted by Crippen LogP contribution is 2.28. The number of nitrogen functional groups attached to an aromatic ring is 1. The van der Waals surface area contributed by atoms with E-state index >= 15 is 0 Å². The first-order chi connectivity index (χ1) is 7.09. The predicted octanol–water partition coefficient (Wildman–Crippen LogP) is 2.26. The van der Waals surface area contributed by atoms with Gasteiger partial charge in [0.05, 0.1) is 0 Å². The minimum atomic E-state index is 0.00646. The Hall–Kier alpha value is -0.680. The van der Waals surface area contributed by atoms with Crippen LogP contribution in [0.4, 0.5) is 5.69 Å². The fourth-order valence-electron chi connectivity index (χ4n) is 1.02. The van der Waals surface area contributed by atoms with Crippen LogP contribution in [0.2, 0.25) is 0 Å². The fourth-order valence-corrected chi connectivity index (χ4v) is 2.55. The maximum Gasteiger partial charge on any atom is 0.216 e. The molecule has 1 aromatic carbocycles. The monoisotopic (exact) mass is 288 g/mol. The van der Waals surface area contributed by atoms with Gasteiger partial charge in [-0.2, -0.15) is 0 Å². The molecule has 1 aromatic rings. The van der Waals surface area contributed by atoms with Crippen molar-refractivity contribution in [2.75, 3.05) is 18.0 Å². The second-order valence-corrected chi connectivity index (χ2v) is 5.01. The topological polar surface area (TPSA) is 55.1 Å². The number of benzene rings is 1. The van der Waals surface area contributed by atoms with E-state index in [-0.39, 0.29) is 5.91 Å². The van der Waals surface area contributed by atoms with Crippen molar-refractivity contribution in [1.82, 2.24) is 5.32 Å². The van der Waals surface area contributed by atoms with Gasteiger partial charge >= 0.3 is 0 Å². The maximum atomic E-state index is 10.6. The molecule has 0 radical (unpaired) electrons. The van der Waals surface area contributed by atoms with E-state index in [1.54, 1.807) is 11.8 Å². The first-order valence-corrected chi connectivity index (χ1v) is 6.29. The summed E-state index contributed by atoms with van der Waals surface area (Å²) in [4.78, 5) is 11.8. The van der Waals surface area contributed by atoms with Gasteiger partial charge in [0.25, 0.3) is 0 Å². The number of amides is 1. The zero-order valence-electron chi connectivity index (χ0n) is 8.42. The van der Waals surface area contributed by atoms with Crippen LogP contribution in [0.1, 0.15) is 6.92 Å². The number of nitrogens with two attached hydrogens (primary N) is 1. The lowest BCUT2D eigenvalue weighted by Gasteiger charge is -2.05. The fraction of sp³-hybridized carbons (Fsp3) is 0.300. The summed E-state index contributed by atoms with van der Waals surface area (Å²) in [5.74, 6) is 0.856. The Bertz CT molecular complexity index is 357. The normalized spacial score (nSPS) is 10.0. The van der Waals surface area contributed by atoms with Crippen LogP contribution in [0.5, 0.6) is 0 Å². The Morgan fingerprint density at radius 3 is 2.93 bits per heavy atom. The molecule has 3 N–H and O–H groups in total. The summed E-state index contributed by atoms with van der Waals surface area (Å²) in [6.07, 6.45) is 0. The van der Waals surface area contributed by atoms with Crippen LogP contribution in [0.15, 0.2) is 27.6 Å². The van der Waals surface area contributed by atoms with Crippen molar-refractivity contribution in [2.24, 2.45) is 0 Å². The van der Waals surface area contributed by atoms with Crippen molar-refractivity contribution < 1.29 is 4.79 Å². The first kappa shape index (κ1) is 12.4. The molecule has 0 bridgehead atoms. The highest BCUT2D eigenvalue weighted by Gasteiger charge is 2.00. The van der Waals surface area contributed by atoms with Crippen molar-refractivity contribution >= 4 is 39.3 Å². The largest absolute Gasteiger partial charge is 0.399 e. The number of hydrogen-bond donors (Lipinski definition) is 2. The predicted molar refractivity (Wildman–Crippen MR) is 68.0 cm³/mol. The lowest BCUT2D eigenvalue weighted by molar-refractivity contribution is -0.118. The van der Waals surface area contributed by atoms with E-state index in [1.165, 1.54) is 6.92 Å². The third-order valence-electron chi connectivity index (χ3n) is 1.69. The van der Waals surface area contributed by atoms with Crippen molar-refractivity contribution in [3.63, 3.8) is 0 Å². The van der Waals surface area contributed by atoms with Gasteiger partial charge in [0.1, 0.15) is 0 Å². The van der Waals surface area contributed by atoms with Gasteiger partial charge in [-0.05, 0) is 34.1 Å². The molecule has 0 saturated carbocycles. The highest BCUT2D eigenvalue weighted by molar-refractivity contribution is 9.10. The molecule has 0 heterocycles. The summed E-state index contributed by atoms with van der Waals surface area (Å²) < 4.78 is 0.996. The average Bonchev–Trinajstić information content (AvgIpc) is 2.14. The minimum absolute atomic E-state index is 0.00646. The van der Waals surface area contributed by atoms with E-state index in [2.05, 4.69) is 21.2 Å². The number of carbonyl (C=O) groups is 1. The molecule has 5 heteroatoms. The van der Waals surface area contributed by atoms with Crippen LogP contribution < -0.4 is 11.1 Å². The third-order valence-corrected chi connectivity index (χ3v) is 3.68. The second kappa shape index (κ2) is 6.02. The molecule has 0 aliphatic heterocycles. The summed E-state index contributed by atoms with van der Waals surface area (Å²) in [6.45, 7) is 2.20. The minimum Gasteiger partial charge on any atom is -0.399 e. The van der Waals surface area contributed by atoms with Gasteiger partial charge in [0.2, 0.25) is 5.91 Å². The van der Waals surface area contributed by atoms with Crippen molar-refractivity contribution in [1.29, 1.82) is 0 Å². The molecule has 0 atom stereocenters. The van der Waals surface area contributed by atoms with Crippen LogP contribution in [-0.4, -0.2) is 18.2 Å². The molecule has 0 fully saturated rings. The Morgan fingerprint density at radius 1 is 1.60 bits per heavy atom. The molecular formula is C10H13BrN2OS. The van der Waals surface area contributed by atoms with Crippen LogP contribution in [-0.2, 0) is 4.79 Å². The molecule has 15 heavy (non-hydrogen) atoms. The van der Waals surface area contributed by atoms with Crippen molar-refractivity contribution in [2.45, 2.75) is 11.8 Å². The van der Waals surface area contributed by atoms with Gasteiger partial charge in [-0.15, -0.1) is 11.8 Å². The van der Waals surface area contributed by atoms with Gasteiger partial charge in [-0.1, -0.05) is 0 Å². The van der Waals surface area contributed by atoms with Crippen LogP contribution >= 0.6 is 27.7 Å². The average molecular weight is 289 g/mol. The highest BCUT2D eigenvalue weighted by atomic mass is 79.9. The van der Waals surface area contributed by atoms with E-state index in [1.807, 2.05) is 18.2 Å². The van der Waals surface area contributed by atoms with Crippen molar-refractivity contribution in [3.05, 3.63) is 22.7 Å². The number of anilines is 1. The molecule has 0 aliphatic carbocycles. The number of carbonyl (C=O) groups excluding carboxylic acids is 1. The summed E-state index contributed by atoms with van der Waals surface area (Å²) in [7, 11) is 0. The number of nitrogens with one attached hydrogen (secondary N) is 1. The van der Waals surface area contributed by atoms with Gasteiger partial charge in [-0.25, -0.2) is 0 Å². The summed E-state index contributed by atoms with van der Waals surface area (Å²) >= 11 is 5.12. The standard InChI is InChI=1S/C10H13BrN2OS/c1-7(14)13-4-5-15-10-3-2-8(12)6-9(10)11/h2-3,6H,4-5,12H2,1H3,(H,13,14). The van der Waals surface area contributed by atoms with Crippen LogP contribution in [0, 0.1) is 0 Å².